The summed E-state index contributed by atoms with van der Waals surface area (Å²) in [5.74, 6) is 0.317. The fourth-order valence-electron chi connectivity index (χ4n) is 2.32. The first-order valence-corrected chi connectivity index (χ1v) is 6.86. The van der Waals surface area contributed by atoms with Crippen molar-refractivity contribution in [3.8, 4) is 5.69 Å². The van der Waals surface area contributed by atoms with Crippen LogP contribution >= 0.6 is 23.2 Å². The van der Waals surface area contributed by atoms with Crippen molar-refractivity contribution < 1.29 is 4.39 Å². The van der Waals surface area contributed by atoms with Gasteiger partial charge in [0, 0.05) is 12.1 Å². The maximum Gasteiger partial charge on any atom is 0.163 e. The normalized spacial score (nSPS) is 11.4. The lowest BCUT2D eigenvalue weighted by molar-refractivity contribution is 0.615. The summed E-state index contributed by atoms with van der Waals surface area (Å²) in [5.41, 5.74) is 2.56. The average Bonchev–Trinajstić information content (AvgIpc) is 2.89. The quantitative estimate of drug-likeness (QED) is 0.678. The van der Waals surface area contributed by atoms with Crippen LogP contribution in [-0.2, 0) is 12.9 Å². The van der Waals surface area contributed by atoms with Gasteiger partial charge in [-0.1, -0.05) is 11.6 Å². The molecule has 3 aromatic rings. The molecule has 3 rings (SSSR count). The van der Waals surface area contributed by atoms with Crippen LogP contribution in [0.15, 0.2) is 18.2 Å². The predicted octanol–water partition coefficient (Wildman–Crippen LogP) is 3.60. The van der Waals surface area contributed by atoms with E-state index >= 15 is 0 Å². The number of nitrogens with zero attached hydrogens (tertiary/aromatic N) is 4. The van der Waals surface area contributed by atoms with Crippen LogP contribution in [0.5, 0.6) is 0 Å². The highest BCUT2D eigenvalue weighted by Gasteiger charge is 2.20. The number of alkyl halides is 1. The van der Waals surface area contributed by atoms with Crippen molar-refractivity contribution in [3.63, 3.8) is 0 Å². The zero-order valence-electron chi connectivity index (χ0n) is 10.9. The molecule has 2 aromatic heterocycles. The number of imidazole rings is 1. The topological polar surface area (TPSA) is 35.6 Å². The third-order valence-corrected chi connectivity index (χ3v) is 3.62. The Labute approximate surface area is 124 Å². The van der Waals surface area contributed by atoms with Gasteiger partial charge >= 0.3 is 0 Å². The average molecular weight is 313 g/mol. The van der Waals surface area contributed by atoms with Gasteiger partial charge in [-0.3, -0.25) is 4.57 Å². The van der Waals surface area contributed by atoms with Gasteiger partial charge < -0.3 is 0 Å². The molecule has 0 fully saturated rings. The molecule has 1 aromatic carbocycles. The minimum atomic E-state index is -0.429. The molecule has 0 radical (unpaired) electrons. The van der Waals surface area contributed by atoms with E-state index < -0.39 is 5.82 Å². The summed E-state index contributed by atoms with van der Waals surface area (Å²) in [4.78, 5) is 4.44. The molecule has 0 unspecified atom stereocenters. The van der Waals surface area contributed by atoms with Gasteiger partial charge in [-0.2, -0.15) is 5.10 Å². The lowest BCUT2D eigenvalue weighted by Gasteiger charge is -2.09. The van der Waals surface area contributed by atoms with Gasteiger partial charge in [0.25, 0.3) is 0 Å². The van der Waals surface area contributed by atoms with E-state index in [-0.39, 0.29) is 5.88 Å². The molecule has 4 nitrogen and oxygen atoms in total. The summed E-state index contributed by atoms with van der Waals surface area (Å²) in [6.45, 7) is 1.86. The lowest BCUT2D eigenvalue weighted by Crippen LogP contribution is -2.06. The molecule has 0 amide bonds. The standard InChI is InChI=1S/C13H11Cl2FN4/c1-7-12-13(19(2)18-7)20(11(6-14)17-12)10-4-3-8(15)5-9(10)16/h3-5H,6H2,1-2H3. The molecule has 0 N–H and O–H groups in total. The minimum Gasteiger partial charge on any atom is -0.277 e. The first-order chi connectivity index (χ1) is 9.52. The number of aromatic nitrogens is 4. The lowest BCUT2D eigenvalue weighted by atomic mass is 10.3. The van der Waals surface area contributed by atoms with Crippen molar-refractivity contribution in [2.24, 2.45) is 7.05 Å². The SMILES string of the molecule is Cc1nn(C)c2c1nc(CCl)n2-c1ccc(Cl)cc1F. The van der Waals surface area contributed by atoms with E-state index in [0.717, 1.165) is 11.2 Å². The molecule has 104 valence electrons. The Morgan fingerprint density at radius 3 is 2.75 bits per heavy atom. The van der Waals surface area contributed by atoms with Gasteiger partial charge in [0.05, 0.1) is 17.3 Å². The highest BCUT2D eigenvalue weighted by atomic mass is 35.5. The van der Waals surface area contributed by atoms with Crippen molar-refractivity contribution in [1.29, 1.82) is 0 Å². The third kappa shape index (κ3) is 1.89. The van der Waals surface area contributed by atoms with Gasteiger partial charge in [-0.25, -0.2) is 14.1 Å². The van der Waals surface area contributed by atoms with Gasteiger partial charge in [0.15, 0.2) is 5.65 Å². The monoisotopic (exact) mass is 312 g/mol. The summed E-state index contributed by atoms with van der Waals surface area (Å²) in [5, 5.41) is 4.64. The number of aryl methyl sites for hydroxylation is 2. The maximum absolute atomic E-state index is 14.2. The maximum atomic E-state index is 14.2. The second kappa shape index (κ2) is 4.75. The van der Waals surface area contributed by atoms with Crippen LogP contribution in [0.1, 0.15) is 11.5 Å². The summed E-state index contributed by atoms with van der Waals surface area (Å²) in [6.07, 6.45) is 0. The summed E-state index contributed by atoms with van der Waals surface area (Å²) in [6, 6.07) is 4.51. The van der Waals surface area contributed by atoms with Crippen LogP contribution in [0.2, 0.25) is 5.02 Å². The summed E-state index contributed by atoms with van der Waals surface area (Å²) < 4.78 is 17.5. The highest BCUT2D eigenvalue weighted by molar-refractivity contribution is 6.30. The van der Waals surface area contributed by atoms with E-state index in [0.29, 0.717) is 22.2 Å². The largest absolute Gasteiger partial charge is 0.277 e. The molecular weight excluding hydrogens is 302 g/mol. The molecule has 0 aliphatic carbocycles. The van der Waals surface area contributed by atoms with Crippen molar-refractivity contribution in [2.75, 3.05) is 0 Å². The number of fused-ring (bicyclic) bond motifs is 1. The van der Waals surface area contributed by atoms with Gasteiger partial charge in [-0.05, 0) is 25.1 Å². The Bertz CT molecular complexity index is 806. The molecule has 20 heavy (non-hydrogen) atoms. The molecule has 2 heterocycles. The Kier molecular flexibility index (Phi) is 3.18. The number of hydrogen-bond donors (Lipinski definition) is 0. The molecule has 0 saturated carbocycles. The predicted molar refractivity (Wildman–Crippen MR) is 77.1 cm³/mol. The van der Waals surface area contributed by atoms with Crippen molar-refractivity contribution in [2.45, 2.75) is 12.8 Å². The first-order valence-electron chi connectivity index (χ1n) is 5.95. The van der Waals surface area contributed by atoms with Crippen LogP contribution in [0.3, 0.4) is 0 Å². The zero-order valence-corrected chi connectivity index (χ0v) is 12.4. The Morgan fingerprint density at radius 1 is 1.35 bits per heavy atom. The van der Waals surface area contributed by atoms with Crippen molar-refractivity contribution >= 4 is 34.4 Å². The van der Waals surface area contributed by atoms with E-state index in [1.165, 1.54) is 6.07 Å². The second-order valence-electron chi connectivity index (χ2n) is 4.47. The van der Waals surface area contributed by atoms with E-state index in [1.54, 1.807) is 28.4 Å². The zero-order chi connectivity index (χ0) is 14.4. The Morgan fingerprint density at radius 2 is 2.10 bits per heavy atom. The number of halogens is 3. The van der Waals surface area contributed by atoms with Gasteiger partial charge in [0.2, 0.25) is 0 Å². The first kappa shape index (κ1) is 13.4. The molecule has 0 saturated heterocycles. The van der Waals surface area contributed by atoms with Crippen LogP contribution < -0.4 is 0 Å². The minimum absolute atomic E-state index is 0.177. The molecule has 0 bridgehead atoms. The smallest absolute Gasteiger partial charge is 0.163 e. The number of hydrogen-bond acceptors (Lipinski definition) is 2. The number of rotatable bonds is 2. The molecular formula is C13H11Cl2FN4. The fraction of sp³-hybridized carbons (Fsp3) is 0.231. The molecule has 0 spiro atoms. The van der Waals surface area contributed by atoms with Gasteiger partial charge in [-0.15, -0.1) is 11.6 Å². The highest BCUT2D eigenvalue weighted by Crippen LogP contribution is 2.27. The van der Waals surface area contributed by atoms with E-state index in [1.807, 2.05) is 6.92 Å². The number of benzene rings is 1. The molecule has 0 aliphatic rings. The Hall–Kier alpha value is -1.59. The van der Waals surface area contributed by atoms with Crippen LogP contribution in [0, 0.1) is 12.7 Å². The van der Waals surface area contributed by atoms with Crippen LogP contribution in [0.4, 0.5) is 4.39 Å². The Balaban J connectivity index is 2.39. The summed E-state index contributed by atoms with van der Waals surface area (Å²) in [7, 11) is 1.79. The van der Waals surface area contributed by atoms with E-state index in [2.05, 4.69) is 10.1 Å². The van der Waals surface area contributed by atoms with E-state index in [9.17, 15) is 4.39 Å². The van der Waals surface area contributed by atoms with Crippen LogP contribution in [-0.4, -0.2) is 19.3 Å². The fourth-order valence-corrected chi connectivity index (χ4v) is 2.66. The summed E-state index contributed by atoms with van der Waals surface area (Å²) >= 11 is 11.7. The molecule has 0 aliphatic heterocycles. The molecule has 0 atom stereocenters. The van der Waals surface area contributed by atoms with Crippen molar-refractivity contribution in [3.05, 3.63) is 40.6 Å². The van der Waals surface area contributed by atoms with Gasteiger partial charge in [0.1, 0.15) is 17.2 Å². The van der Waals surface area contributed by atoms with Crippen LogP contribution in [0.25, 0.3) is 16.9 Å². The van der Waals surface area contributed by atoms with E-state index in [4.69, 9.17) is 23.2 Å². The van der Waals surface area contributed by atoms with Crippen molar-refractivity contribution in [1.82, 2.24) is 19.3 Å². The second-order valence-corrected chi connectivity index (χ2v) is 5.18. The molecule has 7 heteroatoms. The third-order valence-electron chi connectivity index (χ3n) is 3.14.